The first-order valence-electron chi connectivity index (χ1n) is 6.28. The molecule has 0 aromatic rings. The lowest BCUT2D eigenvalue weighted by Crippen LogP contribution is -2.42. The zero-order chi connectivity index (χ0) is 13.9. The second-order valence-corrected chi connectivity index (χ2v) is 5.61. The zero-order valence-corrected chi connectivity index (χ0v) is 11.0. The molecule has 1 N–H and O–H groups in total. The van der Waals surface area contributed by atoms with Crippen molar-refractivity contribution in [1.82, 2.24) is 4.90 Å². The van der Waals surface area contributed by atoms with Crippen molar-refractivity contribution in [3.05, 3.63) is 0 Å². The molecule has 7 heteroatoms. The standard InChI is InChI=1S/C12H17NO6/c1-12(2)18-5-4-13-7(9(5)19-12)6(11(16)17-3)8(14)10(13)15/h5-9,14H,4H2,1-3H3/t5-,6+,7+,8-,9-/m1/s1. The van der Waals surface area contributed by atoms with Gasteiger partial charge in [0.15, 0.2) is 5.79 Å². The summed E-state index contributed by atoms with van der Waals surface area (Å²) in [6.07, 6.45) is -2.02. The molecule has 0 bridgehead atoms. The first-order valence-corrected chi connectivity index (χ1v) is 6.28. The molecule has 0 aromatic heterocycles. The van der Waals surface area contributed by atoms with Gasteiger partial charge >= 0.3 is 5.97 Å². The summed E-state index contributed by atoms with van der Waals surface area (Å²) in [5, 5.41) is 9.93. The third-order valence-corrected chi connectivity index (χ3v) is 4.01. The highest BCUT2D eigenvalue weighted by molar-refractivity contribution is 5.92. The highest BCUT2D eigenvalue weighted by Gasteiger charge is 2.64. The largest absolute Gasteiger partial charge is 0.469 e. The van der Waals surface area contributed by atoms with E-state index in [2.05, 4.69) is 4.74 Å². The monoisotopic (exact) mass is 271 g/mol. The van der Waals surface area contributed by atoms with Crippen LogP contribution in [0.4, 0.5) is 0 Å². The maximum absolute atomic E-state index is 12.0. The quantitative estimate of drug-likeness (QED) is 0.608. The smallest absolute Gasteiger partial charge is 0.314 e. The molecule has 3 aliphatic heterocycles. The van der Waals surface area contributed by atoms with Crippen LogP contribution in [0.15, 0.2) is 0 Å². The summed E-state index contributed by atoms with van der Waals surface area (Å²) in [7, 11) is 1.24. The normalized spacial score (nSPS) is 43.3. The summed E-state index contributed by atoms with van der Waals surface area (Å²) >= 11 is 0. The minimum atomic E-state index is -1.36. The number of carbonyl (C=O) groups excluding carboxylic acids is 2. The maximum Gasteiger partial charge on any atom is 0.314 e. The van der Waals surface area contributed by atoms with Crippen LogP contribution < -0.4 is 0 Å². The summed E-state index contributed by atoms with van der Waals surface area (Å²) in [4.78, 5) is 25.2. The Morgan fingerprint density at radius 3 is 2.79 bits per heavy atom. The van der Waals surface area contributed by atoms with E-state index < -0.39 is 41.8 Å². The van der Waals surface area contributed by atoms with Crippen LogP contribution in [0.1, 0.15) is 13.8 Å². The Hall–Kier alpha value is -1.18. The summed E-state index contributed by atoms with van der Waals surface area (Å²) in [6, 6.07) is -0.512. The van der Waals surface area contributed by atoms with Gasteiger partial charge in [-0.1, -0.05) is 0 Å². The molecule has 3 fully saturated rings. The molecule has 0 saturated carbocycles. The Morgan fingerprint density at radius 1 is 1.47 bits per heavy atom. The van der Waals surface area contributed by atoms with Gasteiger partial charge in [0.2, 0.25) is 0 Å². The topological polar surface area (TPSA) is 85.3 Å². The number of aliphatic hydroxyl groups excluding tert-OH is 1. The number of aliphatic hydroxyl groups is 1. The molecule has 0 radical (unpaired) electrons. The third-order valence-electron chi connectivity index (χ3n) is 4.01. The van der Waals surface area contributed by atoms with Crippen molar-refractivity contribution in [1.29, 1.82) is 0 Å². The molecular weight excluding hydrogens is 254 g/mol. The number of esters is 1. The van der Waals surface area contributed by atoms with Gasteiger partial charge in [0.1, 0.15) is 24.2 Å². The van der Waals surface area contributed by atoms with Crippen LogP contribution in [0, 0.1) is 5.92 Å². The zero-order valence-electron chi connectivity index (χ0n) is 11.0. The first kappa shape index (κ1) is 12.8. The number of rotatable bonds is 1. The third kappa shape index (κ3) is 1.69. The summed E-state index contributed by atoms with van der Waals surface area (Å²) < 4.78 is 16.2. The van der Waals surface area contributed by atoms with Crippen molar-refractivity contribution in [2.75, 3.05) is 13.7 Å². The van der Waals surface area contributed by atoms with Crippen LogP contribution in [0.3, 0.4) is 0 Å². The lowest BCUT2D eigenvalue weighted by molar-refractivity contribution is -0.167. The van der Waals surface area contributed by atoms with Crippen LogP contribution in [0.25, 0.3) is 0 Å². The van der Waals surface area contributed by atoms with Gasteiger partial charge < -0.3 is 24.2 Å². The molecule has 1 amide bonds. The van der Waals surface area contributed by atoms with Gasteiger partial charge in [-0.05, 0) is 13.8 Å². The molecule has 106 valence electrons. The highest BCUT2D eigenvalue weighted by atomic mass is 16.8. The van der Waals surface area contributed by atoms with E-state index in [0.29, 0.717) is 6.54 Å². The minimum Gasteiger partial charge on any atom is -0.469 e. The van der Waals surface area contributed by atoms with Gasteiger partial charge in [-0.25, -0.2) is 0 Å². The van der Waals surface area contributed by atoms with Gasteiger partial charge in [0, 0.05) is 0 Å². The maximum atomic E-state index is 12.0. The first-order chi connectivity index (χ1) is 8.85. The molecule has 19 heavy (non-hydrogen) atoms. The second-order valence-electron chi connectivity index (χ2n) is 5.61. The molecule has 0 aromatic carbocycles. The molecule has 5 atom stereocenters. The average Bonchev–Trinajstić information content (AvgIpc) is 2.88. The van der Waals surface area contributed by atoms with Crippen molar-refractivity contribution >= 4 is 11.9 Å². The molecule has 0 unspecified atom stereocenters. The van der Waals surface area contributed by atoms with Gasteiger partial charge in [-0.2, -0.15) is 0 Å². The van der Waals surface area contributed by atoms with Gasteiger partial charge in [0.05, 0.1) is 19.7 Å². The van der Waals surface area contributed by atoms with Crippen molar-refractivity contribution in [3.63, 3.8) is 0 Å². The van der Waals surface area contributed by atoms with E-state index in [9.17, 15) is 14.7 Å². The van der Waals surface area contributed by atoms with Gasteiger partial charge in [-0.3, -0.25) is 9.59 Å². The van der Waals surface area contributed by atoms with Gasteiger partial charge in [-0.15, -0.1) is 0 Å². The summed E-state index contributed by atoms with van der Waals surface area (Å²) in [5.41, 5.74) is 0. The van der Waals surface area contributed by atoms with E-state index in [1.807, 2.05) is 0 Å². The number of hydrogen-bond acceptors (Lipinski definition) is 6. The Kier molecular flexibility index (Phi) is 2.64. The van der Waals surface area contributed by atoms with Crippen molar-refractivity contribution in [3.8, 4) is 0 Å². The predicted octanol–water partition coefficient (Wildman–Crippen LogP) is -1.12. The Morgan fingerprint density at radius 2 is 2.16 bits per heavy atom. The summed E-state index contributed by atoms with van der Waals surface area (Å²) in [5.74, 6) is -2.70. The van der Waals surface area contributed by atoms with Crippen LogP contribution in [-0.2, 0) is 23.8 Å². The minimum absolute atomic E-state index is 0.261. The van der Waals surface area contributed by atoms with Crippen LogP contribution >= 0.6 is 0 Å². The van der Waals surface area contributed by atoms with E-state index in [1.54, 1.807) is 13.8 Å². The molecule has 0 aliphatic carbocycles. The SMILES string of the molecule is COC(=O)[C@H]1[C@H]2[C@@H]3OC(C)(C)O[C@@H]3CN2C(=O)[C@@H]1O. The lowest BCUT2D eigenvalue weighted by atomic mass is 9.93. The number of methoxy groups -OCH3 is 1. The fourth-order valence-corrected chi connectivity index (χ4v) is 3.34. The highest BCUT2D eigenvalue weighted by Crippen LogP contribution is 2.43. The van der Waals surface area contributed by atoms with Crippen molar-refractivity contribution < 1.29 is 28.9 Å². The second kappa shape index (κ2) is 3.91. The fraction of sp³-hybridized carbons (Fsp3) is 0.833. The van der Waals surface area contributed by atoms with Crippen LogP contribution in [-0.4, -0.2) is 65.7 Å². The van der Waals surface area contributed by atoms with E-state index in [1.165, 1.54) is 12.0 Å². The summed E-state index contributed by atoms with van der Waals surface area (Å²) in [6.45, 7) is 3.91. The van der Waals surface area contributed by atoms with Crippen LogP contribution in [0.5, 0.6) is 0 Å². The van der Waals surface area contributed by atoms with E-state index >= 15 is 0 Å². The molecule has 7 nitrogen and oxygen atoms in total. The molecule has 3 saturated heterocycles. The Labute approximate surface area is 110 Å². The van der Waals surface area contributed by atoms with Crippen molar-refractivity contribution in [2.45, 2.75) is 44.0 Å². The Balaban J connectivity index is 1.92. The molecule has 0 spiro atoms. The van der Waals surface area contributed by atoms with E-state index in [4.69, 9.17) is 9.47 Å². The molecular formula is C12H17NO6. The number of carbonyl (C=O) groups is 2. The van der Waals surface area contributed by atoms with Crippen LogP contribution in [0.2, 0.25) is 0 Å². The van der Waals surface area contributed by atoms with E-state index in [0.717, 1.165) is 0 Å². The number of amides is 1. The number of hydrogen-bond donors (Lipinski definition) is 1. The predicted molar refractivity (Wildman–Crippen MR) is 60.8 cm³/mol. The average molecular weight is 271 g/mol. The fourth-order valence-electron chi connectivity index (χ4n) is 3.34. The van der Waals surface area contributed by atoms with Crippen molar-refractivity contribution in [2.24, 2.45) is 5.92 Å². The molecule has 3 heterocycles. The van der Waals surface area contributed by atoms with E-state index in [-0.39, 0.29) is 6.10 Å². The number of ether oxygens (including phenoxy) is 3. The Bertz CT molecular complexity index is 436. The number of nitrogens with zero attached hydrogens (tertiary/aromatic N) is 1. The van der Waals surface area contributed by atoms with Gasteiger partial charge in [0.25, 0.3) is 5.91 Å². The molecule has 3 rings (SSSR count). The molecule has 3 aliphatic rings. The number of fused-ring (bicyclic) bond motifs is 3. The lowest BCUT2D eigenvalue weighted by Gasteiger charge is -2.26.